The van der Waals surface area contributed by atoms with Gasteiger partial charge in [0.2, 0.25) is 15.9 Å². The number of likely N-dealkylation sites (N-methyl/N-ethyl adjacent to an activating group) is 1. The number of carbonyl (C=O) groups is 1. The van der Waals surface area contributed by atoms with E-state index in [1.54, 1.807) is 18.2 Å². The van der Waals surface area contributed by atoms with Crippen LogP contribution in [0.25, 0.3) is 0 Å². The topological polar surface area (TPSA) is 66.5 Å². The number of nitrogens with zero attached hydrogens (tertiary/aromatic N) is 1. The Balaban J connectivity index is 2.89. The van der Waals surface area contributed by atoms with Crippen molar-refractivity contribution < 1.29 is 13.2 Å². The van der Waals surface area contributed by atoms with E-state index < -0.39 is 15.6 Å². The van der Waals surface area contributed by atoms with Gasteiger partial charge in [0.25, 0.3) is 0 Å². The largest absolute Gasteiger partial charge is 0.350 e. The number of halogens is 1. The monoisotopic (exact) mass is 362 g/mol. The van der Waals surface area contributed by atoms with Crippen molar-refractivity contribution in [2.75, 3.05) is 13.6 Å². The molecule has 1 amide bonds. The van der Waals surface area contributed by atoms with Gasteiger partial charge in [0.1, 0.15) is 0 Å². The summed E-state index contributed by atoms with van der Waals surface area (Å²) in [7, 11) is -2.31. The summed E-state index contributed by atoms with van der Waals surface area (Å²) in [6.07, 6.45) is 0. The maximum absolute atomic E-state index is 12.4. The van der Waals surface area contributed by atoms with Gasteiger partial charge in [-0.05, 0) is 48.8 Å². The molecule has 0 bridgehead atoms. The van der Waals surface area contributed by atoms with Crippen LogP contribution in [0.3, 0.4) is 0 Å². The first-order chi connectivity index (χ1) is 9.04. The smallest absolute Gasteiger partial charge is 0.244 e. The summed E-state index contributed by atoms with van der Waals surface area (Å²) in [6.45, 7) is 5.30. The van der Waals surface area contributed by atoms with Gasteiger partial charge in [-0.25, -0.2) is 8.42 Å². The second-order valence-corrected chi connectivity index (χ2v) is 8.36. The van der Waals surface area contributed by atoms with E-state index in [-0.39, 0.29) is 17.3 Å². The van der Waals surface area contributed by atoms with Crippen molar-refractivity contribution in [1.82, 2.24) is 9.62 Å². The van der Waals surface area contributed by atoms with E-state index in [1.807, 2.05) is 20.8 Å². The predicted octanol–water partition coefficient (Wildman–Crippen LogP) is 1.98. The molecule has 0 aliphatic rings. The molecule has 0 saturated heterocycles. The Morgan fingerprint density at radius 3 is 2.35 bits per heavy atom. The fourth-order valence-electron chi connectivity index (χ4n) is 1.57. The molecular weight excluding hydrogens is 344 g/mol. The standard InChI is InChI=1S/C13H19BrN2O3S/c1-13(2,3)15-12(17)9-16(4)20(18,19)11-8-6-5-7-10(11)14/h5-8H,9H2,1-4H3,(H,15,17). The number of amides is 1. The maximum atomic E-state index is 12.4. The van der Waals surface area contributed by atoms with Crippen LogP contribution in [0.2, 0.25) is 0 Å². The molecule has 0 aromatic heterocycles. The Hall–Kier alpha value is -0.920. The van der Waals surface area contributed by atoms with E-state index in [0.29, 0.717) is 4.47 Å². The van der Waals surface area contributed by atoms with Crippen molar-refractivity contribution >= 4 is 31.9 Å². The number of hydrogen-bond acceptors (Lipinski definition) is 3. The zero-order valence-electron chi connectivity index (χ0n) is 12.0. The van der Waals surface area contributed by atoms with E-state index in [0.717, 1.165) is 4.31 Å². The predicted molar refractivity (Wildman–Crippen MR) is 81.9 cm³/mol. The molecule has 112 valence electrons. The first kappa shape index (κ1) is 17.1. The molecule has 0 spiro atoms. The van der Waals surface area contributed by atoms with Crippen LogP contribution in [0.1, 0.15) is 20.8 Å². The Morgan fingerprint density at radius 2 is 1.85 bits per heavy atom. The highest BCUT2D eigenvalue weighted by atomic mass is 79.9. The van der Waals surface area contributed by atoms with E-state index in [1.165, 1.54) is 13.1 Å². The average molecular weight is 363 g/mol. The van der Waals surface area contributed by atoms with Crippen LogP contribution in [0.15, 0.2) is 33.6 Å². The second-order valence-electron chi connectivity index (χ2n) is 5.49. The lowest BCUT2D eigenvalue weighted by atomic mass is 10.1. The van der Waals surface area contributed by atoms with Crippen LogP contribution < -0.4 is 5.32 Å². The Labute approximate surface area is 128 Å². The van der Waals surface area contributed by atoms with Crippen LogP contribution >= 0.6 is 15.9 Å². The highest BCUT2D eigenvalue weighted by molar-refractivity contribution is 9.10. The molecule has 0 unspecified atom stereocenters. The molecule has 5 nitrogen and oxygen atoms in total. The molecule has 0 saturated carbocycles. The van der Waals surface area contributed by atoms with Crippen molar-refractivity contribution in [3.63, 3.8) is 0 Å². The van der Waals surface area contributed by atoms with Crippen molar-refractivity contribution in [3.05, 3.63) is 28.7 Å². The molecule has 0 heterocycles. The van der Waals surface area contributed by atoms with Crippen LogP contribution in [0, 0.1) is 0 Å². The average Bonchev–Trinajstić information content (AvgIpc) is 2.26. The van der Waals surface area contributed by atoms with Crippen molar-refractivity contribution in [2.24, 2.45) is 0 Å². The minimum Gasteiger partial charge on any atom is -0.350 e. The molecular formula is C13H19BrN2O3S. The summed E-state index contributed by atoms with van der Waals surface area (Å²) in [4.78, 5) is 11.9. The summed E-state index contributed by atoms with van der Waals surface area (Å²) in [6, 6.07) is 6.52. The number of nitrogens with one attached hydrogen (secondary N) is 1. The van der Waals surface area contributed by atoms with Crippen LogP contribution in [0.5, 0.6) is 0 Å². The van der Waals surface area contributed by atoms with Crippen molar-refractivity contribution in [3.8, 4) is 0 Å². The molecule has 0 atom stereocenters. The van der Waals surface area contributed by atoms with Gasteiger partial charge in [-0.15, -0.1) is 0 Å². The summed E-state index contributed by atoms with van der Waals surface area (Å²) >= 11 is 3.21. The molecule has 0 aliphatic carbocycles. The highest BCUT2D eigenvalue weighted by Crippen LogP contribution is 2.23. The normalized spacial score (nSPS) is 12.5. The quantitative estimate of drug-likeness (QED) is 0.890. The third kappa shape index (κ3) is 4.57. The lowest BCUT2D eigenvalue weighted by molar-refractivity contribution is -0.122. The molecule has 20 heavy (non-hydrogen) atoms. The van der Waals surface area contributed by atoms with Crippen molar-refractivity contribution in [1.29, 1.82) is 0 Å². The number of sulfonamides is 1. The molecule has 0 aliphatic heterocycles. The third-order valence-electron chi connectivity index (χ3n) is 2.41. The SMILES string of the molecule is CN(CC(=O)NC(C)(C)C)S(=O)(=O)c1ccccc1Br. The van der Waals surface area contributed by atoms with Gasteiger partial charge in [0.15, 0.2) is 0 Å². The van der Waals surface area contributed by atoms with E-state index in [2.05, 4.69) is 21.2 Å². The van der Waals surface area contributed by atoms with Gasteiger partial charge in [0, 0.05) is 17.1 Å². The number of carbonyl (C=O) groups excluding carboxylic acids is 1. The fraction of sp³-hybridized carbons (Fsp3) is 0.462. The van der Waals surface area contributed by atoms with E-state index >= 15 is 0 Å². The zero-order chi connectivity index (χ0) is 15.6. The van der Waals surface area contributed by atoms with E-state index in [4.69, 9.17) is 0 Å². The van der Waals surface area contributed by atoms with Gasteiger partial charge < -0.3 is 5.32 Å². The minimum atomic E-state index is -3.69. The summed E-state index contributed by atoms with van der Waals surface area (Å²) in [5.74, 6) is -0.337. The van der Waals surface area contributed by atoms with Gasteiger partial charge in [-0.3, -0.25) is 4.79 Å². The van der Waals surface area contributed by atoms with E-state index in [9.17, 15) is 13.2 Å². The van der Waals surface area contributed by atoms with Gasteiger partial charge >= 0.3 is 0 Å². The van der Waals surface area contributed by atoms with Crippen LogP contribution in [-0.2, 0) is 14.8 Å². The summed E-state index contributed by atoms with van der Waals surface area (Å²) < 4.78 is 26.3. The van der Waals surface area contributed by atoms with Gasteiger partial charge in [-0.2, -0.15) is 4.31 Å². The maximum Gasteiger partial charge on any atom is 0.244 e. The van der Waals surface area contributed by atoms with Crippen molar-refractivity contribution in [2.45, 2.75) is 31.2 Å². The fourth-order valence-corrected chi connectivity index (χ4v) is 3.65. The van der Waals surface area contributed by atoms with Gasteiger partial charge in [-0.1, -0.05) is 12.1 Å². The lowest BCUT2D eigenvalue weighted by Crippen LogP contribution is -2.46. The number of rotatable bonds is 4. The third-order valence-corrected chi connectivity index (χ3v) is 5.22. The number of hydrogen-bond donors (Lipinski definition) is 1. The Kier molecular flexibility index (Phi) is 5.34. The molecule has 0 radical (unpaired) electrons. The molecule has 1 aromatic carbocycles. The Morgan fingerprint density at radius 1 is 1.30 bits per heavy atom. The lowest BCUT2D eigenvalue weighted by Gasteiger charge is -2.23. The molecule has 0 fully saturated rings. The van der Waals surface area contributed by atoms with Gasteiger partial charge in [0.05, 0.1) is 11.4 Å². The first-order valence-electron chi connectivity index (χ1n) is 6.06. The second kappa shape index (κ2) is 6.24. The van der Waals surface area contributed by atoms with Crippen LogP contribution in [-0.4, -0.2) is 37.8 Å². The molecule has 1 rings (SSSR count). The zero-order valence-corrected chi connectivity index (χ0v) is 14.4. The molecule has 1 aromatic rings. The number of benzene rings is 1. The first-order valence-corrected chi connectivity index (χ1v) is 8.29. The molecule has 1 N–H and O–H groups in total. The summed E-state index contributed by atoms with van der Waals surface area (Å²) in [5, 5.41) is 2.73. The highest BCUT2D eigenvalue weighted by Gasteiger charge is 2.26. The Bertz CT molecular complexity index is 594. The summed E-state index contributed by atoms with van der Waals surface area (Å²) in [5.41, 5.74) is -0.394. The molecule has 7 heteroatoms. The van der Waals surface area contributed by atoms with Crippen LogP contribution in [0.4, 0.5) is 0 Å². The minimum absolute atomic E-state index is 0.144.